The highest BCUT2D eigenvalue weighted by Gasteiger charge is 2.29. The zero-order chi connectivity index (χ0) is 10.7. The van der Waals surface area contributed by atoms with E-state index in [0.29, 0.717) is 6.04 Å². The lowest BCUT2D eigenvalue weighted by Crippen LogP contribution is -2.48. The van der Waals surface area contributed by atoms with Gasteiger partial charge in [0.2, 0.25) is 5.91 Å². The normalized spacial score (nSPS) is 25.0. The van der Waals surface area contributed by atoms with Gasteiger partial charge in [-0.2, -0.15) is 0 Å². The molecule has 1 rings (SSSR count). The van der Waals surface area contributed by atoms with Gasteiger partial charge in [0.15, 0.2) is 0 Å². The lowest BCUT2D eigenvalue weighted by atomic mass is 10.2. The highest BCUT2D eigenvalue weighted by atomic mass is 16.2. The predicted octanol–water partition coefficient (Wildman–Crippen LogP) is -0.114. The molecule has 0 bridgehead atoms. The van der Waals surface area contributed by atoms with E-state index in [4.69, 9.17) is 5.73 Å². The van der Waals surface area contributed by atoms with Crippen LogP contribution < -0.4 is 5.73 Å². The standard InChI is InChI=1S/C10H21N3O/c1-4-13(10(14)8(2)11)9-5-6-12(3)7-9/h8-9H,4-7,11H2,1-3H3/t8-,9?/m0/s1. The first kappa shape index (κ1) is 11.5. The van der Waals surface area contributed by atoms with Crippen LogP contribution in [0, 0.1) is 0 Å². The topological polar surface area (TPSA) is 49.6 Å². The molecular weight excluding hydrogens is 178 g/mol. The fourth-order valence-electron chi connectivity index (χ4n) is 2.02. The van der Waals surface area contributed by atoms with E-state index in [1.54, 1.807) is 6.92 Å². The molecule has 0 aromatic heterocycles. The molecule has 1 fully saturated rings. The van der Waals surface area contributed by atoms with Crippen molar-refractivity contribution in [3.8, 4) is 0 Å². The second-order valence-corrected chi connectivity index (χ2v) is 4.12. The average molecular weight is 199 g/mol. The molecule has 0 aromatic rings. The van der Waals surface area contributed by atoms with Crippen LogP contribution in [-0.2, 0) is 4.79 Å². The molecule has 0 radical (unpaired) electrons. The van der Waals surface area contributed by atoms with Crippen LogP contribution in [0.4, 0.5) is 0 Å². The van der Waals surface area contributed by atoms with E-state index in [0.717, 1.165) is 26.1 Å². The highest BCUT2D eigenvalue weighted by molar-refractivity contribution is 5.81. The third-order valence-electron chi connectivity index (χ3n) is 2.82. The van der Waals surface area contributed by atoms with Crippen molar-refractivity contribution in [3.05, 3.63) is 0 Å². The second kappa shape index (κ2) is 4.75. The number of hydrogen-bond acceptors (Lipinski definition) is 3. The predicted molar refractivity (Wildman–Crippen MR) is 56.9 cm³/mol. The summed E-state index contributed by atoms with van der Waals surface area (Å²) in [6, 6.07) is -0.00986. The molecule has 1 aliphatic heterocycles. The van der Waals surface area contributed by atoms with Crippen molar-refractivity contribution in [2.24, 2.45) is 5.73 Å². The minimum atomic E-state index is -0.374. The Bertz CT molecular complexity index is 206. The molecule has 0 saturated carbocycles. The number of carbonyl (C=O) groups excluding carboxylic acids is 1. The van der Waals surface area contributed by atoms with Crippen LogP contribution in [0.25, 0.3) is 0 Å². The van der Waals surface area contributed by atoms with Gasteiger partial charge in [-0.1, -0.05) is 0 Å². The Balaban J connectivity index is 2.58. The summed E-state index contributed by atoms with van der Waals surface area (Å²) in [6.07, 6.45) is 1.07. The van der Waals surface area contributed by atoms with Crippen LogP contribution in [0.15, 0.2) is 0 Å². The summed E-state index contributed by atoms with van der Waals surface area (Å²) in [4.78, 5) is 15.9. The van der Waals surface area contributed by atoms with E-state index in [1.807, 2.05) is 11.8 Å². The molecule has 1 unspecified atom stereocenters. The maximum Gasteiger partial charge on any atom is 0.239 e. The third-order valence-corrected chi connectivity index (χ3v) is 2.82. The van der Waals surface area contributed by atoms with Gasteiger partial charge in [0.05, 0.1) is 6.04 Å². The quantitative estimate of drug-likeness (QED) is 0.690. The Morgan fingerprint density at radius 2 is 2.36 bits per heavy atom. The Kier molecular flexibility index (Phi) is 3.89. The number of likely N-dealkylation sites (N-methyl/N-ethyl adjacent to an activating group) is 2. The number of rotatable bonds is 3. The van der Waals surface area contributed by atoms with Crippen molar-refractivity contribution < 1.29 is 4.79 Å². The fourth-order valence-corrected chi connectivity index (χ4v) is 2.02. The average Bonchev–Trinajstić information content (AvgIpc) is 2.53. The van der Waals surface area contributed by atoms with Gasteiger partial charge in [-0.25, -0.2) is 0 Å². The molecule has 2 N–H and O–H groups in total. The van der Waals surface area contributed by atoms with E-state index < -0.39 is 0 Å². The first-order chi connectivity index (χ1) is 6.56. The Morgan fingerprint density at radius 1 is 1.71 bits per heavy atom. The number of nitrogens with two attached hydrogens (primary N) is 1. The SMILES string of the molecule is CCN(C(=O)[C@H](C)N)C1CCN(C)C1. The molecule has 1 aliphatic rings. The summed E-state index contributed by atoms with van der Waals surface area (Å²) in [7, 11) is 2.09. The molecule has 0 aromatic carbocycles. The van der Waals surface area contributed by atoms with Gasteiger partial charge < -0.3 is 15.5 Å². The lowest BCUT2D eigenvalue weighted by molar-refractivity contribution is -0.134. The van der Waals surface area contributed by atoms with E-state index in [9.17, 15) is 4.79 Å². The minimum absolute atomic E-state index is 0.0767. The molecule has 1 heterocycles. The first-order valence-corrected chi connectivity index (χ1v) is 5.30. The van der Waals surface area contributed by atoms with Crippen molar-refractivity contribution in [1.29, 1.82) is 0 Å². The summed E-state index contributed by atoms with van der Waals surface area (Å²) in [5, 5.41) is 0. The fraction of sp³-hybridized carbons (Fsp3) is 0.900. The van der Waals surface area contributed by atoms with E-state index in [2.05, 4.69) is 11.9 Å². The van der Waals surface area contributed by atoms with Gasteiger partial charge in [-0.3, -0.25) is 4.79 Å². The lowest BCUT2D eigenvalue weighted by Gasteiger charge is -2.29. The van der Waals surface area contributed by atoms with Crippen LogP contribution in [-0.4, -0.2) is 54.5 Å². The van der Waals surface area contributed by atoms with Crippen molar-refractivity contribution in [3.63, 3.8) is 0 Å². The molecule has 0 spiro atoms. The van der Waals surface area contributed by atoms with Crippen LogP contribution in [0.5, 0.6) is 0 Å². The number of likely N-dealkylation sites (tertiary alicyclic amines) is 1. The number of nitrogens with zero attached hydrogens (tertiary/aromatic N) is 2. The van der Waals surface area contributed by atoms with E-state index in [-0.39, 0.29) is 11.9 Å². The smallest absolute Gasteiger partial charge is 0.239 e. The zero-order valence-corrected chi connectivity index (χ0v) is 9.36. The number of amides is 1. The summed E-state index contributed by atoms with van der Waals surface area (Å²) >= 11 is 0. The van der Waals surface area contributed by atoms with Crippen molar-refractivity contribution in [1.82, 2.24) is 9.80 Å². The summed E-state index contributed by atoms with van der Waals surface area (Å²) in [5.74, 6) is 0.0767. The van der Waals surface area contributed by atoms with Gasteiger partial charge in [-0.15, -0.1) is 0 Å². The third kappa shape index (κ3) is 2.45. The number of hydrogen-bond donors (Lipinski definition) is 1. The zero-order valence-electron chi connectivity index (χ0n) is 9.36. The van der Waals surface area contributed by atoms with Crippen molar-refractivity contribution in [2.75, 3.05) is 26.7 Å². The summed E-state index contributed by atoms with van der Waals surface area (Å²) in [5.41, 5.74) is 5.61. The molecular formula is C10H21N3O. The van der Waals surface area contributed by atoms with Crippen molar-refractivity contribution in [2.45, 2.75) is 32.4 Å². The molecule has 4 heteroatoms. The van der Waals surface area contributed by atoms with Gasteiger partial charge in [0.1, 0.15) is 0 Å². The van der Waals surface area contributed by atoms with Crippen LogP contribution in [0.2, 0.25) is 0 Å². The van der Waals surface area contributed by atoms with Crippen molar-refractivity contribution >= 4 is 5.91 Å². The molecule has 82 valence electrons. The molecule has 0 aliphatic carbocycles. The number of carbonyl (C=O) groups is 1. The molecule has 4 nitrogen and oxygen atoms in total. The largest absolute Gasteiger partial charge is 0.337 e. The summed E-state index contributed by atoms with van der Waals surface area (Å²) in [6.45, 7) is 6.58. The summed E-state index contributed by atoms with van der Waals surface area (Å²) < 4.78 is 0. The van der Waals surface area contributed by atoms with Gasteiger partial charge in [0.25, 0.3) is 0 Å². The first-order valence-electron chi connectivity index (χ1n) is 5.30. The maximum atomic E-state index is 11.8. The maximum absolute atomic E-state index is 11.8. The molecule has 14 heavy (non-hydrogen) atoms. The second-order valence-electron chi connectivity index (χ2n) is 4.12. The Morgan fingerprint density at radius 3 is 2.71 bits per heavy atom. The monoisotopic (exact) mass is 199 g/mol. The van der Waals surface area contributed by atoms with E-state index >= 15 is 0 Å². The van der Waals surface area contributed by atoms with Crippen LogP contribution in [0.1, 0.15) is 20.3 Å². The van der Waals surface area contributed by atoms with Gasteiger partial charge in [-0.05, 0) is 33.9 Å². The Labute approximate surface area is 86.0 Å². The van der Waals surface area contributed by atoms with Gasteiger partial charge in [0, 0.05) is 19.1 Å². The molecule has 1 saturated heterocycles. The minimum Gasteiger partial charge on any atom is -0.337 e. The van der Waals surface area contributed by atoms with Gasteiger partial charge >= 0.3 is 0 Å². The Hall–Kier alpha value is -0.610. The molecule has 2 atom stereocenters. The van der Waals surface area contributed by atoms with Crippen LogP contribution >= 0.6 is 0 Å². The van der Waals surface area contributed by atoms with E-state index in [1.165, 1.54) is 0 Å². The molecule has 1 amide bonds. The van der Waals surface area contributed by atoms with Crippen LogP contribution in [0.3, 0.4) is 0 Å². The highest BCUT2D eigenvalue weighted by Crippen LogP contribution is 2.14.